The molecule has 2 heterocycles. The molecule has 98 valence electrons. The van der Waals surface area contributed by atoms with Crippen molar-refractivity contribution in [3.8, 4) is 0 Å². The molecule has 1 N–H and O–H groups in total. The largest absolute Gasteiger partial charge is 0.310 e. The minimum Gasteiger partial charge on any atom is -0.310 e. The zero-order valence-corrected chi connectivity index (χ0v) is 12.7. The van der Waals surface area contributed by atoms with Gasteiger partial charge in [0.1, 0.15) is 0 Å². The highest BCUT2D eigenvalue weighted by atomic mass is 79.9. The lowest BCUT2D eigenvalue weighted by Gasteiger charge is -2.24. The van der Waals surface area contributed by atoms with E-state index in [2.05, 4.69) is 32.2 Å². The Kier molecular flexibility index (Phi) is 3.94. The molecule has 1 aromatic rings. The fourth-order valence-corrected chi connectivity index (χ4v) is 3.86. The molecule has 2 saturated heterocycles. The number of nitrogens with one attached hydrogen (secondary N) is 1. The molecule has 2 atom stereocenters. The summed E-state index contributed by atoms with van der Waals surface area (Å²) in [5.41, 5.74) is 1.33. The van der Waals surface area contributed by atoms with E-state index in [1.165, 1.54) is 37.9 Å². The van der Waals surface area contributed by atoms with Crippen molar-refractivity contribution in [3.05, 3.63) is 33.3 Å². The second-order valence-corrected chi connectivity index (χ2v) is 6.69. The van der Waals surface area contributed by atoms with Gasteiger partial charge < -0.3 is 5.32 Å². The van der Waals surface area contributed by atoms with Crippen LogP contribution in [0.2, 0.25) is 5.02 Å². The van der Waals surface area contributed by atoms with E-state index in [9.17, 15) is 0 Å². The molecule has 0 radical (unpaired) electrons. The lowest BCUT2D eigenvalue weighted by atomic mass is 10.1. The van der Waals surface area contributed by atoms with Gasteiger partial charge in [-0.05, 0) is 37.0 Å². The van der Waals surface area contributed by atoms with Gasteiger partial charge in [-0.15, -0.1) is 0 Å². The number of hydrogen-bond donors (Lipinski definition) is 1. The van der Waals surface area contributed by atoms with E-state index in [0.717, 1.165) is 22.1 Å². The Balaban J connectivity index is 1.68. The highest BCUT2D eigenvalue weighted by Crippen LogP contribution is 2.25. The summed E-state index contributed by atoms with van der Waals surface area (Å²) < 4.78 is 1.12. The van der Waals surface area contributed by atoms with E-state index >= 15 is 0 Å². The van der Waals surface area contributed by atoms with Crippen LogP contribution in [-0.4, -0.2) is 30.1 Å². The van der Waals surface area contributed by atoms with Crippen molar-refractivity contribution >= 4 is 27.5 Å². The van der Waals surface area contributed by atoms with Gasteiger partial charge in [-0.25, -0.2) is 0 Å². The normalized spacial score (nSPS) is 28.3. The summed E-state index contributed by atoms with van der Waals surface area (Å²) in [4.78, 5) is 2.56. The van der Waals surface area contributed by atoms with Crippen molar-refractivity contribution in [1.82, 2.24) is 10.2 Å². The minimum absolute atomic E-state index is 0.698. The Morgan fingerprint density at radius 2 is 2.11 bits per heavy atom. The topological polar surface area (TPSA) is 15.3 Å². The summed E-state index contributed by atoms with van der Waals surface area (Å²) in [6.07, 6.45) is 3.98. The molecule has 18 heavy (non-hydrogen) atoms. The number of nitrogens with zero attached hydrogens (tertiary/aromatic N) is 1. The summed E-state index contributed by atoms with van der Waals surface area (Å²) in [7, 11) is 0. The highest BCUT2D eigenvalue weighted by molar-refractivity contribution is 9.10. The lowest BCUT2D eigenvalue weighted by molar-refractivity contribution is 0.250. The van der Waals surface area contributed by atoms with E-state index in [-0.39, 0.29) is 0 Å². The Hall–Kier alpha value is -0.0900. The number of rotatable bonds is 2. The summed E-state index contributed by atoms with van der Waals surface area (Å²) in [6.45, 7) is 3.39. The number of halogens is 2. The fraction of sp³-hybridized carbons (Fsp3) is 0.571. The second kappa shape index (κ2) is 5.49. The molecule has 2 bridgehead atoms. The molecule has 0 aromatic heterocycles. The molecule has 0 aliphatic carbocycles. The number of fused-ring (bicyclic) bond motifs is 2. The zero-order valence-electron chi connectivity index (χ0n) is 10.3. The monoisotopic (exact) mass is 328 g/mol. The molecule has 0 spiro atoms. The van der Waals surface area contributed by atoms with Gasteiger partial charge in [0.05, 0.1) is 0 Å². The lowest BCUT2D eigenvalue weighted by Crippen LogP contribution is -2.35. The number of likely N-dealkylation sites (tertiary alicyclic amines) is 1. The summed E-state index contributed by atoms with van der Waals surface area (Å²) in [6, 6.07) is 7.55. The third-order valence-electron chi connectivity index (χ3n) is 4.02. The molecule has 3 rings (SSSR count). The van der Waals surface area contributed by atoms with Gasteiger partial charge >= 0.3 is 0 Å². The van der Waals surface area contributed by atoms with E-state index in [1.54, 1.807) is 0 Å². The van der Waals surface area contributed by atoms with Gasteiger partial charge in [0.25, 0.3) is 0 Å². The summed E-state index contributed by atoms with van der Waals surface area (Å²) in [5, 5.41) is 4.51. The smallest absolute Gasteiger partial charge is 0.0417 e. The molecule has 4 heteroatoms. The molecular weight excluding hydrogens is 312 g/mol. The van der Waals surface area contributed by atoms with Gasteiger partial charge in [-0.1, -0.05) is 33.6 Å². The highest BCUT2D eigenvalue weighted by Gasteiger charge is 2.29. The first-order valence-corrected chi connectivity index (χ1v) is 7.80. The predicted molar refractivity (Wildman–Crippen MR) is 79.0 cm³/mol. The first kappa shape index (κ1) is 12.9. The molecule has 2 nitrogen and oxygen atoms in total. The molecule has 0 amide bonds. The molecule has 2 fully saturated rings. The quantitative estimate of drug-likeness (QED) is 0.894. The number of benzene rings is 1. The van der Waals surface area contributed by atoms with Crippen LogP contribution in [0.4, 0.5) is 0 Å². The van der Waals surface area contributed by atoms with Crippen LogP contribution in [0.3, 0.4) is 0 Å². The van der Waals surface area contributed by atoms with Crippen LogP contribution in [0.1, 0.15) is 24.8 Å². The standard InChI is InChI=1S/C14H18BrClN2/c15-14-7-11(16)2-1-10(14)8-18-6-5-12-3-4-13(9-18)17-12/h1-2,7,12-13,17H,3-6,8-9H2. The van der Waals surface area contributed by atoms with Gasteiger partial charge in [0.2, 0.25) is 0 Å². The van der Waals surface area contributed by atoms with Crippen molar-refractivity contribution in [2.45, 2.75) is 37.9 Å². The average molecular weight is 330 g/mol. The molecule has 2 aliphatic heterocycles. The predicted octanol–water partition coefficient (Wildman–Crippen LogP) is 3.43. The SMILES string of the molecule is Clc1ccc(CN2CCC3CCC(C2)N3)c(Br)c1. The van der Waals surface area contributed by atoms with Crippen LogP contribution < -0.4 is 5.32 Å². The third kappa shape index (κ3) is 2.90. The third-order valence-corrected chi connectivity index (χ3v) is 4.99. The van der Waals surface area contributed by atoms with Crippen molar-refractivity contribution in [2.24, 2.45) is 0 Å². The van der Waals surface area contributed by atoms with E-state index in [4.69, 9.17) is 11.6 Å². The Morgan fingerprint density at radius 3 is 2.94 bits per heavy atom. The molecule has 1 aromatic carbocycles. The van der Waals surface area contributed by atoms with Gasteiger partial charge in [-0.3, -0.25) is 4.90 Å². The van der Waals surface area contributed by atoms with E-state index in [0.29, 0.717) is 6.04 Å². The van der Waals surface area contributed by atoms with Gasteiger partial charge in [0, 0.05) is 41.2 Å². The summed E-state index contributed by atoms with van der Waals surface area (Å²) in [5.74, 6) is 0. The maximum absolute atomic E-state index is 5.98. The van der Waals surface area contributed by atoms with Crippen molar-refractivity contribution in [3.63, 3.8) is 0 Å². The number of hydrogen-bond acceptors (Lipinski definition) is 2. The second-order valence-electron chi connectivity index (χ2n) is 5.40. The minimum atomic E-state index is 0.698. The van der Waals surface area contributed by atoms with Crippen molar-refractivity contribution in [2.75, 3.05) is 13.1 Å². The van der Waals surface area contributed by atoms with Crippen molar-refractivity contribution in [1.29, 1.82) is 0 Å². The zero-order chi connectivity index (χ0) is 12.5. The van der Waals surface area contributed by atoms with Crippen LogP contribution in [0, 0.1) is 0 Å². The first-order valence-electron chi connectivity index (χ1n) is 6.63. The fourth-order valence-electron chi connectivity index (χ4n) is 3.05. The molecule has 2 aliphatic rings. The molecule has 2 unspecified atom stereocenters. The van der Waals surface area contributed by atoms with Gasteiger partial charge in [0.15, 0.2) is 0 Å². The molecular formula is C14H18BrClN2. The summed E-state index contributed by atoms with van der Waals surface area (Å²) >= 11 is 9.59. The van der Waals surface area contributed by atoms with E-state index < -0.39 is 0 Å². The maximum Gasteiger partial charge on any atom is 0.0417 e. The van der Waals surface area contributed by atoms with Crippen molar-refractivity contribution < 1.29 is 0 Å². The van der Waals surface area contributed by atoms with Crippen LogP contribution >= 0.6 is 27.5 Å². The van der Waals surface area contributed by atoms with Crippen LogP contribution in [0.15, 0.2) is 22.7 Å². The van der Waals surface area contributed by atoms with Gasteiger partial charge in [-0.2, -0.15) is 0 Å². The van der Waals surface area contributed by atoms with Crippen LogP contribution in [0.5, 0.6) is 0 Å². The molecule has 0 saturated carbocycles. The average Bonchev–Trinajstić information content (AvgIpc) is 2.66. The van der Waals surface area contributed by atoms with Crippen LogP contribution in [0.25, 0.3) is 0 Å². The Morgan fingerprint density at radius 1 is 1.28 bits per heavy atom. The Labute approximate surface area is 122 Å². The van der Waals surface area contributed by atoms with Crippen LogP contribution in [-0.2, 0) is 6.54 Å². The van der Waals surface area contributed by atoms with E-state index in [1.807, 2.05) is 12.1 Å². The first-order chi connectivity index (χ1) is 8.70. The maximum atomic E-state index is 5.98. The Bertz CT molecular complexity index is 438.